The molecule has 3 rings (SSSR count). The van der Waals surface area contributed by atoms with Gasteiger partial charge in [-0.3, -0.25) is 0 Å². The zero-order chi connectivity index (χ0) is 14.8. The molecule has 1 atom stereocenters. The van der Waals surface area contributed by atoms with Crippen LogP contribution < -0.4 is 9.47 Å². The van der Waals surface area contributed by atoms with Crippen molar-refractivity contribution in [3.05, 3.63) is 58.1 Å². The maximum atomic E-state index is 6.60. The fourth-order valence-electron chi connectivity index (χ4n) is 2.44. The molecule has 2 aromatic rings. The SMILES string of the molecule is Cc1cc(Cl)cc(C(Cl)c2ccc3c(c2)OCCCO3)c1. The van der Waals surface area contributed by atoms with Crippen LogP contribution in [0.15, 0.2) is 36.4 Å². The smallest absolute Gasteiger partial charge is 0.161 e. The van der Waals surface area contributed by atoms with Gasteiger partial charge in [-0.1, -0.05) is 23.7 Å². The van der Waals surface area contributed by atoms with E-state index in [-0.39, 0.29) is 5.38 Å². The molecule has 4 heteroatoms. The molecule has 0 saturated carbocycles. The van der Waals surface area contributed by atoms with Gasteiger partial charge in [-0.05, 0) is 47.9 Å². The molecular weight excluding hydrogens is 307 g/mol. The monoisotopic (exact) mass is 322 g/mol. The number of ether oxygens (including phenoxy) is 2. The molecule has 2 aromatic carbocycles. The highest BCUT2D eigenvalue weighted by Crippen LogP contribution is 2.37. The van der Waals surface area contributed by atoms with Crippen molar-refractivity contribution in [1.29, 1.82) is 0 Å². The van der Waals surface area contributed by atoms with Crippen LogP contribution in [0.4, 0.5) is 0 Å². The van der Waals surface area contributed by atoms with E-state index in [0.717, 1.165) is 34.6 Å². The zero-order valence-electron chi connectivity index (χ0n) is 11.7. The third kappa shape index (κ3) is 3.28. The molecule has 1 aliphatic heterocycles. The zero-order valence-corrected chi connectivity index (χ0v) is 13.2. The highest BCUT2D eigenvalue weighted by atomic mass is 35.5. The molecule has 21 heavy (non-hydrogen) atoms. The lowest BCUT2D eigenvalue weighted by atomic mass is 10.0. The van der Waals surface area contributed by atoms with Crippen LogP contribution in [0.1, 0.15) is 28.5 Å². The molecule has 1 heterocycles. The van der Waals surface area contributed by atoms with Crippen molar-refractivity contribution < 1.29 is 9.47 Å². The predicted octanol–water partition coefficient (Wildman–Crippen LogP) is 5.14. The molecule has 1 unspecified atom stereocenters. The molecule has 0 spiro atoms. The maximum Gasteiger partial charge on any atom is 0.161 e. The van der Waals surface area contributed by atoms with Crippen molar-refractivity contribution in [2.75, 3.05) is 13.2 Å². The molecule has 0 N–H and O–H groups in total. The van der Waals surface area contributed by atoms with E-state index in [2.05, 4.69) is 0 Å². The first kappa shape index (κ1) is 14.6. The van der Waals surface area contributed by atoms with Gasteiger partial charge in [0.1, 0.15) is 0 Å². The lowest BCUT2D eigenvalue weighted by molar-refractivity contribution is 0.297. The predicted molar refractivity (Wildman–Crippen MR) is 85.9 cm³/mol. The Morgan fingerprint density at radius 1 is 0.952 bits per heavy atom. The highest BCUT2D eigenvalue weighted by molar-refractivity contribution is 6.31. The summed E-state index contributed by atoms with van der Waals surface area (Å²) < 4.78 is 11.4. The second kappa shape index (κ2) is 6.17. The van der Waals surface area contributed by atoms with E-state index in [1.807, 2.05) is 43.3 Å². The van der Waals surface area contributed by atoms with Crippen LogP contribution >= 0.6 is 23.2 Å². The quantitative estimate of drug-likeness (QED) is 0.713. The van der Waals surface area contributed by atoms with Gasteiger partial charge in [0.2, 0.25) is 0 Å². The number of alkyl halides is 1. The highest BCUT2D eigenvalue weighted by Gasteiger charge is 2.16. The summed E-state index contributed by atoms with van der Waals surface area (Å²) in [6, 6.07) is 11.7. The first-order chi connectivity index (χ1) is 10.1. The minimum absolute atomic E-state index is 0.264. The molecular formula is C17H16Cl2O2. The van der Waals surface area contributed by atoms with E-state index in [9.17, 15) is 0 Å². The number of rotatable bonds is 2. The molecule has 0 saturated heterocycles. The molecule has 2 nitrogen and oxygen atoms in total. The second-order valence-electron chi connectivity index (χ2n) is 5.18. The van der Waals surface area contributed by atoms with Crippen molar-refractivity contribution in [3.8, 4) is 11.5 Å². The fourth-order valence-corrected chi connectivity index (χ4v) is 3.00. The Labute approximate surface area is 134 Å². The van der Waals surface area contributed by atoms with Gasteiger partial charge in [0, 0.05) is 11.4 Å². The van der Waals surface area contributed by atoms with Gasteiger partial charge in [-0.2, -0.15) is 0 Å². The van der Waals surface area contributed by atoms with Crippen LogP contribution in [0.2, 0.25) is 5.02 Å². The molecule has 0 radical (unpaired) electrons. The molecule has 110 valence electrons. The molecule has 0 aromatic heterocycles. The van der Waals surface area contributed by atoms with E-state index < -0.39 is 0 Å². The Balaban J connectivity index is 1.94. The lowest BCUT2D eigenvalue weighted by Gasteiger charge is -2.14. The van der Waals surface area contributed by atoms with E-state index in [0.29, 0.717) is 18.2 Å². The Bertz CT molecular complexity index is 635. The number of aryl methyl sites for hydroxylation is 1. The lowest BCUT2D eigenvalue weighted by Crippen LogP contribution is -1.98. The standard InChI is InChI=1S/C17H16Cl2O2/c1-11-7-13(9-14(18)8-11)17(19)12-3-4-15-16(10-12)21-6-2-5-20-15/h3-4,7-10,17H,2,5-6H2,1H3. The minimum atomic E-state index is -0.264. The normalized spacial score (nSPS) is 15.4. The summed E-state index contributed by atoms with van der Waals surface area (Å²) in [5, 5.41) is 0.435. The first-order valence-corrected chi connectivity index (χ1v) is 7.75. The first-order valence-electron chi connectivity index (χ1n) is 6.94. The van der Waals surface area contributed by atoms with Gasteiger partial charge in [0.05, 0.1) is 18.6 Å². The Hall–Kier alpha value is -1.38. The van der Waals surface area contributed by atoms with Gasteiger partial charge in [-0.15, -0.1) is 11.6 Å². The van der Waals surface area contributed by atoms with Crippen LogP contribution in [0.25, 0.3) is 0 Å². The summed E-state index contributed by atoms with van der Waals surface area (Å²) in [5.41, 5.74) is 3.05. The van der Waals surface area contributed by atoms with Crippen LogP contribution in [-0.2, 0) is 0 Å². The van der Waals surface area contributed by atoms with E-state index in [4.69, 9.17) is 32.7 Å². The van der Waals surface area contributed by atoms with Crippen LogP contribution in [-0.4, -0.2) is 13.2 Å². The summed E-state index contributed by atoms with van der Waals surface area (Å²) in [6.45, 7) is 3.36. The van der Waals surface area contributed by atoms with Gasteiger partial charge in [0.15, 0.2) is 11.5 Å². The van der Waals surface area contributed by atoms with E-state index >= 15 is 0 Å². The average molecular weight is 323 g/mol. The Morgan fingerprint density at radius 3 is 2.48 bits per heavy atom. The summed E-state index contributed by atoms with van der Waals surface area (Å²) in [4.78, 5) is 0. The Morgan fingerprint density at radius 2 is 1.71 bits per heavy atom. The number of fused-ring (bicyclic) bond motifs is 1. The van der Waals surface area contributed by atoms with Gasteiger partial charge in [0.25, 0.3) is 0 Å². The molecule has 0 amide bonds. The van der Waals surface area contributed by atoms with E-state index in [1.54, 1.807) is 0 Å². The molecule has 0 bridgehead atoms. The fraction of sp³-hybridized carbons (Fsp3) is 0.294. The number of hydrogen-bond donors (Lipinski definition) is 0. The molecule has 0 aliphatic carbocycles. The third-order valence-electron chi connectivity index (χ3n) is 3.42. The van der Waals surface area contributed by atoms with Crippen LogP contribution in [0.3, 0.4) is 0 Å². The van der Waals surface area contributed by atoms with Gasteiger partial charge >= 0.3 is 0 Å². The van der Waals surface area contributed by atoms with E-state index in [1.165, 1.54) is 0 Å². The van der Waals surface area contributed by atoms with Crippen LogP contribution in [0, 0.1) is 6.92 Å². The summed E-state index contributed by atoms with van der Waals surface area (Å²) >= 11 is 12.7. The topological polar surface area (TPSA) is 18.5 Å². The molecule has 0 fully saturated rings. The Kier molecular flexibility index (Phi) is 4.27. The number of halogens is 2. The number of hydrogen-bond acceptors (Lipinski definition) is 2. The van der Waals surface area contributed by atoms with Gasteiger partial charge in [-0.25, -0.2) is 0 Å². The minimum Gasteiger partial charge on any atom is -0.490 e. The van der Waals surface area contributed by atoms with Crippen molar-refractivity contribution >= 4 is 23.2 Å². The summed E-state index contributed by atoms with van der Waals surface area (Å²) in [5.74, 6) is 1.54. The summed E-state index contributed by atoms with van der Waals surface area (Å²) in [7, 11) is 0. The average Bonchev–Trinajstić information content (AvgIpc) is 2.69. The number of benzene rings is 2. The van der Waals surface area contributed by atoms with Gasteiger partial charge < -0.3 is 9.47 Å². The molecule has 1 aliphatic rings. The van der Waals surface area contributed by atoms with Crippen molar-refractivity contribution in [2.24, 2.45) is 0 Å². The van der Waals surface area contributed by atoms with Crippen molar-refractivity contribution in [2.45, 2.75) is 18.7 Å². The van der Waals surface area contributed by atoms with Crippen molar-refractivity contribution in [1.82, 2.24) is 0 Å². The second-order valence-corrected chi connectivity index (χ2v) is 6.05. The van der Waals surface area contributed by atoms with Crippen molar-refractivity contribution in [3.63, 3.8) is 0 Å². The maximum absolute atomic E-state index is 6.60. The summed E-state index contributed by atoms with van der Waals surface area (Å²) in [6.07, 6.45) is 0.891. The third-order valence-corrected chi connectivity index (χ3v) is 4.14. The largest absolute Gasteiger partial charge is 0.490 e. The van der Waals surface area contributed by atoms with Crippen LogP contribution in [0.5, 0.6) is 11.5 Å².